The van der Waals surface area contributed by atoms with E-state index in [-0.39, 0.29) is 0 Å². The lowest BCUT2D eigenvalue weighted by Gasteiger charge is -2.10. The standard InChI is InChI=1S/C11H18N2/c1-5-9(4)11-6-10(8(2)3)12-7-13-11/h6-9H,5H2,1-4H3. The van der Waals surface area contributed by atoms with Crippen LogP contribution in [0.25, 0.3) is 0 Å². The summed E-state index contributed by atoms with van der Waals surface area (Å²) in [6.45, 7) is 8.69. The molecule has 0 saturated heterocycles. The summed E-state index contributed by atoms with van der Waals surface area (Å²) in [5, 5.41) is 0. The molecule has 0 saturated carbocycles. The normalized spacial score (nSPS) is 13.3. The van der Waals surface area contributed by atoms with Crippen molar-refractivity contribution in [1.29, 1.82) is 0 Å². The van der Waals surface area contributed by atoms with Crippen molar-refractivity contribution in [1.82, 2.24) is 9.97 Å². The molecule has 1 atom stereocenters. The molecule has 0 spiro atoms. The van der Waals surface area contributed by atoms with Crippen LogP contribution in [0.4, 0.5) is 0 Å². The fraction of sp³-hybridized carbons (Fsp3) is 0.636. The van der Waals surface area contributed by atoms with Crippen molar-refractivity contribution in [2.24, 2.45) is 0 Å². The summed E-state index contributed by atoms with van der Waals surface area (Å²) in [7, 11) is 0. The lowest BCUT2D eigenvalue weighted by atomic mass is 10.0. The minimum absolute atomic E-state index is 0.491. The molecule has 0 N–H and O–H groups in total. The minimum atomic E-state index is 0.491. The Kier molecular flexibility index (Phi) is 3.40. The van der Waals surface area contributed by atoms with Crippen molar-refractivity contribution in [2.75, 3.05) is 0 Å². The highest BCUT2D eigenvalue weighted by Crippen LogP contribution is 2.19. The van der Waals surface area contributed by atoms with Gasteiger partial charge in [0.15, 0.2) is 0 Å². The summed E-state index contributed by atoms with van der Waals surface area (Å²) in [6.07, 6.45) is 2.81. The monoisotopic (exact) mass is 178 g/mol. The fourth-order valence-electron chi connectivity index (χ4n) is 1.18. The van der Waals surface area contributed by atoms with Crippen LogP contribution in [0, 0.1) is 0 Å². The van der Waals surface area contributed by atoms with E-state index in [9.17, 15) is 0 Å². The Morgan fingerprint density at radius 1 is 1.15 bits per heavy atom. The van der Waals surface area contributed by atoms with Crippen molar-refractivity contribution >= 4 is 0 Å². The van der Waals surface area contributed by atoms with Gasteiger partial charge in [-0.2, -0.15) is 0 Å². The van der Waals surface area contributed by atoms with Crippen molar-refractivity contribution in [3.63, 3.8) is 0 Å². The molecule has 72 valence electrons. The quantitative estimate of drug-likeness (QED) is 0.710. The van der Waals surface area contributed by atoms with Gasteiger partial charge in [-0.15, -0.1) is 0 Å². The predicted molar refractivity (Wildman–Crippen MR) is 54.8 cm³/mol. The number of hydrogen-bond donors (Lipinski definition) is 0. The maximum atomic E-state index is 4.28. The highest BCUT2D eigenvalue weighted by molar-refractivity contribution is 5.14. The number of hydrogen-bond acceptors (Lipinski definition) is 2. The Morgan fingerprint density at radius 2 is 1.77 bits per heavy atom. The van der Waals surface area contributed by atoms with Crippen LogP contribution in [0.1, 0.15) is 57.3 Å². The molecule has 0 radical (unpaired) electrons. The zero-order valence-corrected chi connectivity index (χ0v) is 8.91. The maximum absolute atomic E-state index is 4.28. The van der Waals surface area contributed by atoms with Crippen molar-refractivity contribution in [3.05, 3.63) is 23.8 Å². The molecule has 0 aliphatic carbocycles. The third kappa shape index (κ3) is 2.51. The molecular formula is C11H18N2. The van der Waals surface area contributed by atoms with E-state index in [1.807, 2.05) is 0 Å². The first-order chi connectivity index (χ1) is 6.15. The molecule has 1 rings (SSSR count). The lowest BCUT2D eigenvalue weighted by molar-refractivity contribution is 0.693. The zero-order valence-electron chi connectivity index (χ0n) is 8.91. The highest BCUT2D eigenvalue weighted by atomic mass is 14.8. The number of nitrogens with zero attached hydrogens (tertiary/aromatic N) is 2. The van der Waals surface area contributed by atoms with Gasteiger partial charge in [0.1, 0.15) is 6.33 Å². The highest BCUT2D eigenvalue weighted by Gasteiger charge is 2.07. The first kappa shape index (κ1) is 10.2. The van der Waals surface area contributed by atoms with E-state index in [0.29, 0.717) is 11.8 Å². The summed E-state index contributed by atoms with van der Waals surface area (Å²) in [5.74, 6) is 1.03. The van der Waals surface area contributed by atoms with Gasteiger partial charge in [-0.25, -0.2) is 9.97 Å². The second kappa shape index (κ2) is 4.35. The molecule has 1 aromatic rings. The molecule has 0 bridgehead atoms. The molecule has 13 heavy (non-hydrogen) atoms. The van der Waals surface area contributed by atoms with Crippen molar-refractivity contribution in [2.45, 2.75) is 46.0 Å². The van der Waals surface area contributed by atoms with E-state index >= 15 is 0 Å². The van der Waals surface area contributed by atoms with Gasteiger partial charge >= 0.3 is 0 Å². The number of aromatic nitrogens is 2. The van der Waals surface area contributed by atoms with E-state index in [4.69, 9.17) is 0 Å². The van der Waals surface area contributed by atoms with Gasteiger partial charge in [0.25, 0.3) is 0 Å². The van der Waals surface area contributed by atoms with Crippen LogP contribution in [0.2, 0.25) is 0 Å². The third-order valence-corrected chi connectivity index (χ3v) is 2.42. The maximum Gasteiger partial charge on any atom is 0.115 e. The van der Waals surface area contributed by atoms with Crippen LogP contribution in [-0.4, -0.2) is 9.97 Å². The average molecular weight is 178 g/mol. The average Bonchev–Trinajstić information content (AvgIpc) is 2.17. The Labute approximate surface area is 80.4 Å². The Bertz CT molecular complexity index is 269. The summed E-state index contributed by atoms with van der Waals surface area (Å²) < 4.78 is 0. The smallest absolute Gasteiger partial charge is 0.115 e. The first-order valence-corrected chi connectivity index (χ1v) is 4.97. The molecule has 0 aromatic carbocycles. The van der Waals surface area contributed by atoms with Crippen LogP contribution in [0.3, 0.4) is 0 Å². The molecule has 0 aliphatic rings. The van der Waals surface area contributed by atoms with E-state index in [1.54, 1.807) is 6.33 Å². The van der Waals surface area contributed by atoms with Crippen molar-refractivity contribution < 1.29 is 0 Å². The van der Waals surface area contributed by atoms with Gasteiger partial charge < -0.3 is 0 Å². The van der Waals surface area contributed by atoms with Crippen LogP contribution in [-0.2, 0) is 0 Å². The molecule has 0 fully saturated rings. The second-order valence-electron chi connectivity index (χ2n) is 3.83. The molecule has 2 heteroatoms. The Hall–Kier alpha value is -0.920. The largest absolute Gasteiger partial charge is 0.241 e. The van der Waals surface area contributed by atoms with Gasteiger partial charge in [-0.05, 0) is 24.3 Å². The topological polar surface area (TPSA) is 25.8 Å². The molecule has 1 heterocycles. The number of rotatable bonds is 3. The third-order valence-electron chi connectivity index (χ3n) is 2.42. The Balaban J connectivity index is 2.91. The fourth-order valence-corrected chi connectivity index (χ4v) is 1.18. The molecule has 1 aromatic heterocycles. The van der Waals surface area contributed by atoms with Crippen LogP contribution in [0.5, 0.6) is 0 Å². The minimum Gasteiger partial charge on any atom is -0.241 e. The summed E-state index contributed by atoms with van der Waals surface area (Å²) >= 11 is 0. The second-order valence-corrected chi connectivity index (χ2v) is 3.83. The molecule has 0 aliphatic heterocycles. The van der Waals surface area contributed by atoms with E-state index in [1.165, 1.54) is 5.69 Å². The summed E-state index contributed by atoms with van der Waals surface area (Å²) in [6, 6.07) is 2.12. The van der Waals surface area contributed by atoms with E-state index < -0.39 is 0 Å². The van der Waals surface area contributed by atoms with Gasteiger partial charge in [-0.3, -0.25) is 0 Å². The van der Waals surface area contributed by atoms with Crippen LogP contribution < -0.4 is 0 Å². The predicted octanol–water partition coefficient (Wildman–Crippen LogP) is 3.11. The first-order valence-electron chi connectivity index (χ1n) is 4.97. The molecule has 2 nitrogen and oxygen atoms in total. The van der Waals surface area contributed by atoms with E-state index in [0.717, 1.165) is 12.1 Å². The van der Waals surface area contributed by atoms with Gasteiger partial charge in [0, 0.05) is 11.4 Å². The molecular weight excluding hydrogens is 160 g/mol. The van der Waals surface area contributed by atoms with Crippen molar-refractivity contribution in [3.8, 4) is 0 Å². The van der Waals surface area contributed by atoms with Crippen LogP contribution in [0.15, 0.2) is 12.4 Å². The van der Waals surface area contributed by atoms with Gasteiger partial charge in [0.05, 0.1) is 0 Å². The lowest BCUT2D eigenvalue weighted by Crippen LogP contribution is -2.00. The molecule has 0 amide bonds. The van der Waals surface area contributed by atoms with E-state index in [2.05, 4.69) is 43.7 Å². The van der Waals surface area contributed by atoms with Gasteiger partial charge in [0.2, 0.25) is 0 Å². The summed E-state index contributed by atoms with van der Waals surface area (Å²) in [4.78, 5) is 8.53. The SMILES string of the molecule is CCC(C)c1cc(C(C)C)ncn1. The Morgan fingerprint density at radius 3 is 2.31 bits per heavy atom. The molecule has 1 unspecified atom stereocenters. The van der Waals surface area contributed by atoms with Gasteiger partial charge in [-0.1, -0.05) is 27.7 Å². The zero-order chi connectivity index (χ0) is 9.84. The van der Waals surface area contributed by atoms with Crippen LogP contribution >= 0.6 is 0 Å². The summed E-state index contributed by atoms with van der Waals surface area (Å²) in [5.41, 5.74) is 2.31.